The maximum atomic E-state index is 12.2. The van der Waals surface area contributed by atoms with Gasteiger partial charge in [-0.2, -0.15) is 0 Å². The number of carbonyl (C=O) groups excluding carboxylic acids is 2. The van der Waals surface area contributed by atoms with Crippen LogP contribution in [-0.2, 0) is 23.9 Å². The van der Waals surface area contributed by atoms with Crippen LogP contribution in [0.1, 0.15) is 58.8 Å². The van der Waals surface area contributed by atoms with Crippen molar-refractivity contribution < 1.29 is 29.0 Å². The minimum Gasteiger partial charge on any atom is -0.478 e. The Kier molecular flexibility index (Phi) is 7.20. The summed E-state index contributed by atoms with van der Waals surface area (Å²) in [6, 6.07) is 4.48. The zero-order chi connectivity index (χ0) is 21.0. The summed E-state index contributed by atoms with van der Waals surface area (Å²) >= 11 is 5.99. The van der Waals surface area contributed by atoms with E-state index in [4.69, 9.17) is 21.1 Å². The smallest absolute Gasteiger partial charge is 0.349 e. The van der Waals surface area contributed by atoms with Gasteiger partial charge in [-0.25, -0.2) is 9.59 Å². The third-order valence-corrected chi connectivity index (χ3v) is 3.43. The lowest BCUT2D eigenvalue weighted by molar-refractivity contribution is -0.170. The Hall–Kier alpha value is -2.34. The average molecular weight is 397 g/mol. The molecule has 0 aliphatic heterocycles. The van der Waals surface area contributed by atoms with Crippen molar-refractivity contribution in [3.05, 3.63) is 40.4 Å². The van der Waals surface area contributed by atoms with Gasteiger partial charge in [0.2, 0.25) is 6.10 Å². The molecule has 0 aliphatic carbocycles. The molecule has 6 nitrogen and oxygen atoms in total. The van der Waals surface area contributed by atoms with Gasteiger partial charge in [-0.3, -0.25) is 4.79 Å². The summed E-state index contributed by atoms with van der Waals surface area (Å²) in [5, 5.41) is 9.83. The molecule has 0 spiro atoms. The second-order valence-corrected chi connectivity index (χ2v) is 8.45. The summed E-state index contributed by atoms with van der Waals surface area (Å²) in [6.45, 7) is 10.1. The normalized spacial score (nSPS) is 13.3. The Morgan fingerprint density at radius 2 is 1.70 bits per heavy atom. The molecule has 1 aromatic rings. The van der Waals surface area contributed by atoms with Crippen LogP contribution in [0.2, 0.25) is 5.02 Å². The monoisotopic (exact) mass is 396 g/mol. The fourth-order valence-electron chi connectivity index (χ4n) is 1.95. The molecule has 0 heterocycles. The van der Waals surface area contributed by atoms with E-state index in [0.717, 1.165) is 0 Å². The van der Waals surface area contributed by atoms with E-state index in [1.807, 2.05) is 0 Å². The van der Waals surface area contributed by atoms with Gasteiger partial charge in [0, 0.05) is 16.7 Å². The van der Waals surface area contributed by atoms with Gasteiger partial charge in [-0.15, -0.1) is 0 Å². The highest BCUT2D eigenvalue weighted by Gasteiger charge is 2.32. The Balaban J connectivity index is 3.24. The Labute approximate surface area is 164 Å². The number of carbonyl (C=O) groups is 3. The number of carboxylic acids is 1. The predicted octanol–water partition coefficient (Wildman–Crippen LogP) is 4.41. The molecule has 0 amide bonds. The molecule has 0 aromatic heterocycles. The summed E-state index contributed by atoms with van der Waals surface area (Å²) in [7, 11) is 0. The molecule has 1 N–H and O–H groups in total. The first-order valence-corrected chi connectivity index (χ1v) is 8.73. The van der Waals surface area contributed by atoms with E-state index in [2.05, 4.69) is 0 Å². The highest BCUT2D eigenvalue weighted by molar-refractivity contribution is 6.30. The Bertz CT molecular complexity index is 753. The second kappa shape index (κ2) is 8.57. The van der Waals surface area contributed by atoms with Gasteiger partial charge in [0.05, 0.1) is 5.41 Å². The number of esters is 2. The minimum absolute atomic E-state index is 0.160. The number of benzene rings is 1. The first-order chi connectivity index (χ1) is 12.2. The summed E-state index contributed by atoms with van der Waals surface area (Å²) in [4.78, 5) is 35.8. The van der Waals surface area contributed by atoms with Gasteiger partial charge >= 0.3 is 17.9 Å². The molecule has 7 heteroatoms. The first kappa shape index (κ1) is 22.7. The fourth-order valence-corrected chi connectivity index (χ4v) is 2.13. The van der Waals surface area contributed by atoms with E-state index in [0.29, 0.717) is 5.56 Å². The van der Waals surface area contributed by atoms with Crippen molar-refractivity contribution in [1.29, 1.82) is 0 Å². The number of aliphatic carboxylic acids is 1. The van der Waals surface area contributed by atoms with E-state index < -0.39 is 35.0 Å². The summed E-state index contributed by atoms with van der Waals surface area (Å²) < 4.78 is 10.4. The van der Waals surface area contributed by atoms with Crippen LogP contribution in [-0.4, -0.2) is 28.6 Å². The van der Waals surface area contributed by atoms with Crippen LogP contribution in [0.15, 0.2) is 24.3 Å². The third-order valence-electron chi connectivity index (χ3n) is 3.20. The number of carboxylic acid groups (broad SMARTS) is 1. The van der Waals surface area contributed by atoms with E-state index in [1.54, 1.807) is 53.7 Å². The van der Waals surface area contributed by atoms with Crippen molar-refractivity contribution in [1.82, 2.24) is 0 Å². The first-order valence-electron chi connectivity index (χ1n) is 8.35. The standard InChI is InChI=1S/C20H25ClO6/c1-19(2,3)18(25)26-16(17(23)24)14-11-13(21)9-7-12(14)8-10-15(22)27-20(4,5)6/h7-11,16H,1-6H3,(H,23,24)/b10-8+. The van der Waals surface area contributed by atoms with Crippen LogP contribution in [0.3, 0.4) is 0 Å². The van der Waals surface area contributed by atoms with Gasteiger partial charge in [-0.1, -0.05) is 17.7 Å². The van der Waals surface area contributed by atoms with E-state index in [1.165, 1.54) is 18.2 Å². The van der Waals surface area contributed by atoms with Gasteiger partial charge in [-0.05, 0) is 65.3 Å². The zero-order valence-corrected chi connectivity index (χ0v) is 17.1. The zero-order valence-electron chi connectivity index (χ0n) is 16.3. The largest absolute Gasteiger partial charge is 0.478 e. The van der Waals surface area contributed by atoms with Crippen molar-refractivity contribution in [3.8, 4) is 0 Å². The lowest BCUT2D eigenvalue weighted by Gasteiger charge is -2.22. The van der Waals surface area contributed by atoms with Crippen LogP contribution < -0.4 is 0 Å². The molecule has 0 aliphatic rings. The van der Waals surface area contributed by atoms with Crippen LogP contribution in [0.25, 0.3) is 6.08 Å². The number of hydrogen-bond acceptors (Lipinski definition) is 5. The molecule has 0 fully saturated rings. The fraction of sp³-hybridized carbons (Fsp3) is 0.450. The molecule has 0 bridgehead atoms. The Morgan fingerprint density at radius 1 is 1.11 bits per heavy atom. The number of rotatable bonds is 5. The molecule has 27 heavy (non-hydrogen) atoms. The quantitative estimate of drug-likeness (QED) is 0.585. The van der Waals surface area contributed by atoms with Gasteiger partial charge in [0.15, 0.2) is 0 Å². The van der Waals surface area contributed by atoms with Crippen LogP contribution >= 0.6 is 11.6 Å². The summed E-state index contributed by atoms with van der Waals surface area (Å²) in [5.41, 5.74) is -0.999. The van der Waals surface area contributed by atoms with Crippen molar-refractivity contribution in [2.24, 2.45) is 5.41 Å². The molecular weight excluding hydrogens is 372 g/mol. The number of hydrogen-bond donors (Lipinski definition) is 1. The highest BCUT2D eigenvalue weighted by Crippen LogP contribution is 2.29. The van der Waals surface area contributed by atoms with Crippen molar-refractivity contribution in [2.75, 3.05) is 0 Å². The topological polar surface area (TPSA) is 89.9 Å². The molecule has 1 rings (SSSR count). The molecule has 0 radical (unpaired) electrons. The van der Waals surface area contributed by atoms with E-state index in [-0.39, 0.29) is 10.6 Å². The van der Waals surface area contributed by atoms with Gasteiger partial charge < -0.3 is 14.6 Å². The molecule has 148 valence electrons. The summed E-state index contributed by atoms with van der Waals surface area (Å²) in [5.74, 6) is -2.60. The SMILES string of the molecule is CC(C)(C)OC(=O)/C=C/c1ccc(Cl)cc1C(OC(=O)C(C)(C)C)C(=O)O. The third kappa shape index (κ3) is 7.43. The molecule has 0 saturated heterocycles. The predicted molar refractivity (Wildman–Crippen MR) is 102 cm³/mol. The average Bonchev–Trinajstić information content (AvgIpc) is 2.48. The minimum atomic E-state index is -1.56. The van der Waals surface area contributed by atoms with Crippen molar-refractivity contribution >= 4 is 35.6 Å². The van der Waals surface area contributed by atoms with Gasteiger partial charge in [0.1, 0.15) is 5.60 Å². The molecule has 0 saturated carbocycles. The van der Waals surface area contributed by atoms with Crippen molar-refractivity contribution in [2.45, 2.75) is 53.2 Å². The number of halogens is 1. The molecule has 1 unspecified atom stereocenters. The lowest BCUT2D eigenvalue weighted by atomic mass is 9.96. The second-order valence-electron chi connectivity index (χ2n) is 8.01. The van der Waals surface area contributed by atoms with Gasteiger partial charge in [0.25, 0.3) is 0 Å². The van der Waals surface area contributed by atoms with E-state index >= 15 is 0 Å². The van der Waals surface area contributed by atoms with Crippen LogP contribution in [0.4, 0.5) is 0 Å². The molecule has 1 atom stereocenters. The number of ether oxygens (including phenoxy) is 2. The van der Waals surface area contributed by atoms with E-state index in [9.17, 15) is 19.5 Å². The van der Waals surface area contributed by atoms with Crippen LogP contribution in [0.5, 0.6) is 0 Å². The van der Waals surface area contributed by atoms with Crippen LogP contribution in [0, 0.1) is 5.41 Å². The Morgan fingerprint density at radius 3 is 2.19 bits per heavy atom. The highest BCUT2D eigenvalue weighted by atomic mass is 35.5. The molecule has 1 aromatic carbocycles. The summed E-state index contributed by atoms with van der Waals surface area (Å²) in [6.07, 6.45) is 1.03. The lowest BCUT2D eigenvalue weighted by Crippen LogP contribution is -2.28. The maximum Gasteiger partial charge on any atom is 0.349 e. The van der Waals surface area contributed by atoms with Crippen molar-refractivity contribution in [3.63, 3.8) is 0 Å². The molecular formula is C20H25ClO6. The maximum absolute atomic E-state index is 12.2.